The van der Waals surface area contributed by atoms with Crippen LogP contribution < -0.4 is 0 Å². The van der Waals surface area contributed by atoms with Crippen molar-refractivity contribution in [3.05, 3.63) is 42.7 Å². The summed E-state index contributed by atoms with van der Waals surface area (Å²) in [5.41, 5.74) is 2.87. The SMILES string of the molecule is CC(C)(C)Cn1c(-c2ccccn2)nc2cccnc21. The van der Waals surface area contributed by atoms with Gasteiger partial charge in [-0.25, -0.2) is 9.97 Å². The lowest BCUT2D eigenvalue weighted by atomic mass is 9.97. The normalized spacial score (nSPS) is 11.9. The van der Waals surface area contributed by atoms with Gasteiger partial charge in [0, 0.05) is 18.9 Å². The molecule has 0 saturated carbocycles. The lowest BCUT2D eigenvalue weighted by Crippen LogP contribution is -2.16. The Bertz CT molecular complexity index is 723. The molecule has 0 aliphatic carbocycles. The van der Waals surface area contributed by atoms with Gasteiger partial charge in [0.25, 0.3) is 0 Å². The Kier molecular flexibility index (Phi) is 3.01. The van der Waals surface area contributed by atoms with Crippen LogP contribution in [0.15, 0.2) is 42.7 Å². The smallest absolute Gasteiger partial charge is 0.161 e. The summed E-state index contributed by atoms with van der Waals surface area (Å²) in [6, 6.07) is 9.79. The van der Waals surface area contributed by atoms with Gasteiger partial charge >= 0.3 is 0 Å². The van der Waals surface area contributed by atoms with Crippen molar-refractivity contribution >= 4 is 11.2 Å². The number of rotatable bonds is 2. The van der Waals surface area contributed by atoms with E-state index in [4.69, 9.17) is 4.98 Å². The number of imidazole rings is 1. The van der Waals surface area contributed by atoms with Gasteiger partial charge in [0.05, 0.1) is 0 Å². The molecule has 0 atom stereocenters. The number of hydrogen-bond donors (Lipinski definition) is 0. The van der Waals surface area contributed by atoms with Gasteiger partial charge < -0.3 is 4.57 Å². The molecule has 0 aliphatic rings. The van der Waals surface area contributed by atoms with Crippen LogP contribution in [0.1, 0.15) is 20.8 Å². The van der Waals surface area contributed by atoms with Crippen molar-refractivity contribution in [2.24, 2.45) is 5.41 Å². The Morgan fingerprint density at radius 3 is 2.50 bits per heavy atom. The van der Waals surface area contributed by atoms with Crippen molar-refractivity contribution in [1.29, 1.82) is 0 Å². The van der Waals surface area contributed by atoms with E-state index in [9.17, 15) is 0 Å². The molecule has 0 saturated heterocycles. The molecule has 0 fully saturated rings. The van der Waals surface area contributed by atoms with Crippen molar-refractivity contribution in [1.82, 2.24) is 19.5 Å². The van der Waals surface area contributed by atoms with E-state index < -0.39 is 0 Å². The minimum atomic E-state index is 0.148. The summed E-state index contributed by atoms with van der Waals surface area (Å²) in [7, 11) is 0. The summed E-state index contributed by atoms with van der Waals surface area (Å²) in [5.74, 6) is 0.884. The molecule has 3 aromatic heterocycles. The third kappa shape index (κ3) is 2.41. The van der Waals surface area contributed by atoms with E-state index in [1.165, 1.54) is 0 Å². The van der Waals surface area contributed by atoms with Crippen molar-refractivity contribution in [2.75, 3.05) is 0 Å². The van der Waals surface area contributed by atoms with Crippen LogP contribution in [-0.4, -0.2) is 19.5 Å². The number of aromatic nitrogens is 4. The first-order chi connectivity index (χ1) is 9.54. The molecule has 0 N–H and O–H groups in total. The lowest BCUT2D eigenvalue weighted by molar-refractivity contribution is 0.349. The van der Waals surface area contributed by atoms with Gasteiger partial charge in [-0.2, -0.15) is 0 Å². The van der Waals surface area contributed by atoms with Gasteiger partial charge in [-0.3, -0.25) is 4.98 Å². The second kappa shape index (κ2) is 4.71. The number of nitrogens with zero attached hydrogens (tertiary/aromatic N) is 4. The molecule has 4 nitrogen and oxygen atoms in total. The second-order valence-corrected chi connectivity index (χ2v) is 6.14. The predicted octanol–water partition coefficient (Wildman–Crippen LogP) is 3.54. The molecule has 0 aromatic carbocycles. The van der Waals surface area contributed by atoms with Crippen LogP contribution in [0.4, 0.5) is 0 Å². The Labute approximate surface area is 118 Å². The first-order valence-electron chi connectivity index (χ1n) is 6.77. The van der Waals surface area contributed by atoms with Crippen molar-refractivity contribution < 1.29 is 0 Å². The summed E-state index contributed by atoms with van der Waals surface area (Å²) in [6.45, 7) is 7.49. The van der Waals surface area contributed by atoms with E-state index in [0.717, 1.165) is 29.2 Å². The van der Waals surface area contributed by atoms with Crippen LogP contribution in [-0.2, 0) is 6.54 Å². The minimum Gasteiger partial charge on any atom is -0.307 e. The fourth-order valence-electron chi connectivity index (χ4n) is 2.27. The summed E-state index contributed by atoms with van der Waals surface area (Å²) in [5, 5.41) is 0. The van der Waals surface area contributed by atoms with Crippen molar-refractivity contribution in [2.45, 2.75) is 27.3 Å². The van der Waals surface area contributed by atoms with E-state index in [1.807, 2.05) is 36.5 Å². The molecule has 20 heavy (non-hydrogen) atoms. The van der Waals surface area contributed by atoms with Crippen LogP contribution in [0.3, 0.4) is 0 Å². The molecule has 0 amide bonds. The maximum atomic E-state index is 4.71. The average Bonchev–Trinajstić information content (AvgIpc) is 2.77. The number of pyridine rings is 2. The quantitative estimate of drug-likeness (QED) is 0.712. The molecule has 0 bridgehead atoms. The van der Waals surface area contributed by atoms with E-state index in [1.54, 1.807) is 6.20 Å². The third-order valence-corrected chi connectivity index (χ3v) is 3.03. The van der Waals surface area contributed by atoms with Crippen LogP contribution in [0.5, 0.6) is 0 Å². The molecule has 0 spiro atoms. The zero-order valence-electron chi connectivity index (χ0n) is 12.0. The van der Waals surface area contributed by atoms with E-state index in [2.05, 4.69) is 35.3 Å². The van der Waals surface area contributed by atoms with Crippen molar-refractivity contribution in [3.8, 4) is 11.5 Å². The highest BCUT2D eigenvalue weighted by Gasteiger charge is 2.19. The summed E-state index contributed by atoms with van der Waals surface area (Å²) in [6.07, 6.45) is 3.61. The first kappa shape index (κ1) is 12.8. The first-order valence-corrected chi connectivity index (χ1v) is 6.77. The highest BCUT2D eigenvalue weighted by atomic mass is 15.1. The van der Waals surface area contributed by atoms with Crippen LogP contribution in [0, 0.1) is 5.41 Å². The molecule has 0 unspecified atom stereocenters. The fourth-order valence-corrected chi connectivity index (χ4v) is 2.27. The van der Waals surface area contributed by atoms with Crippen LogP contribution in [0.25, 0.3) is 22.7 Å². The largest absolute Gasteiger partial charge is 0.307 e. The van der Waals surface area contributed by atoms with Gasteiger partial charge in [-0.1, -0.05) is 26.8 Å². The number of hydrogen-bond acceptors (Lipinski definition) is 3. The summed E-state index contributed by atoms with van der Waals surface area (Å²) < 4.78 is 2.16. The maximum Gasteiger partial charge on any atom is 0.161 e. The Hall–Kier alpha value is -2.23. The Morgan fingerprint density at radius 2 is 1.80 bits per heavy atom. The van der Waals surface area contributed by atoms with Gasteiger partial charge in [-0.15, -0.1) is 0 Å². The number of fused-ring (bicyclic) bond motifs is 1. The standard InChI is InChI=1S/C16H18N4/c1-16(2,3)11-20-14-13(8-6-10-18-14)19-15(20)12-7-4-5-9-17-12/h4-10H,11H2,1-3H3. The average molecular weight is 266 g/mol. The molecule has 0 aliphatic heterocycles. The molecule has 4 heteroatoms. The molecule has 0 radical (unpaired) electrons. The molecule has 3 rings (SSSR count). The third-order valence-electron chi connectivity index (χ3n) is 3.03. The predicted molar refractivity (Wildman–Crippen MR) is 80.2 cm³/mol. The zero-order valence-corrected chi connectivity index (χ0v) is 12.0. The van der Waals surface area contributed by atoms with Crippen LogP contribution in [0.2, 0.25) is 0 Å². The summed E-state index contributed by atoms with van der Waals surface area (Å²) in [4.78, 5) is 13.6. The minimum absolute atomic E-state index is 0.148. The van der Waals surface area contributed by atoms with Gasteiger partial charge in [0.15, 0.2) is 11.5 Å². The summed E-state index contributed by atoms with van der Waals surface area (Å²) >= 11 is 0. The lowest BCUT2D eigenvalue weighted by Gasteiger charge is -2.20. The highest BCUT2D eigenvalue weighted by Crippen LogP contribution is 2.26. The monoisotopic (exact) mass is 266 g/mol. The Morgan fingerprint density at radius 1 is 1.00 bits per heavy atom. The Balaban J connectivity index is 2.23. The fraction of sp³-hybridized carbons (Fsp3) is 0.312. The zero-order chi connectivity index (χ0) is 14.2. The topological polar surface area (TPSA) is 43.6 Å². The van der Waals surface area contributed by atoms with E-state index >= 15 is 0 Å². The maximum absolute atomic E-state index is 4.71. The molecular weight excluding hydrogens is 248 g/mol. The van der Waals surface area contributed by atoms with Crippen molar-refractivity contribution in [3.63, 3.8) is 0 Å². The molecule has 3 heterocycles. The van der Waals surface area contributed by atoms with Gasteiger partial charge in [0.1, 0.15) is 11.2 Å². The molecule has 102 valence electrons. The molecular formula is C16H18N4. The highest BCUT2D eigenvalue weighted by molar-refractivity contribution is 5.76. The van der Waals surface area contributed by atoms with Gasteiger partial charge in [-0.05, 0) is 29.7 Å². The van der Waals surface area contributed by atoms with Gasteiger partial charge in [0.2, 0.25) is 0 Å². The van der Waals surface area contributed by atoms with E-state index in [-0.39, 0.29) is 5.41 Å². The second-order valence-electron chi connectivity index (χ2n) is 6.14. The van der Waals surface area contributed by atoms with E-state index in [0.29, 0.717) is 0 Å². The molecule has 3 aromatic rings. The van der Waals surface area contributed by atoms with Crippen LogP contribution >= 0.6 is 0 Å².